The van der Waals surface area contributed by atoms with Crippen LogP contribution in [-0.4, -0.2) is 51.5 Å². The van der Waals surface area contributed by atoms with Crippen LogP contribution in [0.5, 0.6) is 5.75 Å². The molecule has 1 fully saturated rings. The maximum absolute atomic E-state index is 13.6. The van der Waals surface area contributed by atoms with Crippen molar-refractivity contribution in [1.82, 2.24) is 19.4 Å². The first-order chi connectivity index (χ1) is 21.1. The van der Waals surface area contributed by atoms with Crippen molar-refractivity contribution in [2.75, 3.05) is 25.5 Å². The summed E-state index contributed by atoms with van der Waals surface area (Å²) in [6, 6.07) is 11.4. The maximum Gasteiger partial charge on any atom is 0.416 e. The molecular weight excluding hydrogens is 589 g/mol. The number of fused-ring (bicyclic) bond motifs is 1. The first-order valence-corrected chi connectivity index (χ1v) is 15.3. The van der Waals surface area contributed by atoms with Gasteiger partial charge in [0, 0.05) is 36.2 Å². The number of rotatable bonds is 8. The summed E-state index contributed by atoms with van der Waals surface area (Å²) in [5.74, 6) is 0.395. The van der Waals surface area contributed by atoms with Crippen molar-refractivity contribution >= 4 is 29.1 Å². The van der Waals surface area contributed by atoms with E-state index in [0.717, 1.165) is 66.1 Å². The highest BCUT2D eigenvalue weighted by atomic mass is 32.1. The number of anilines is 1. The van der Waals surface area contributed by atoms with Gasteiger partial charge < -0.3 is 20.7 Å². The standard InChI is InChI=1S/C32H33F3N6O2S/c1-19(23-5-3-4-6-24(23)32(33,34)35)43-27-17-29(44-30(27)31(36)42)41-18-38-25-15-20(7-8-26(25)41)21-9-12-37-28(16-21)39-22-10-13-40(2)14-11-22/h3-9,12,16-20,22H,10-11,13-15H2,1-2H3,(H2,36,42)(H,37,39). The van der Waals surface area contributed by atoms with Crippen molar-refractivity contribution < 1.29 is 22.7 Å². The van der Waals surface area contributed by atoms with Crippen molar-refractivity contribution in [3.63, 3.8) is 0 Å². The van der Waals surface area contributed by atoms with Crippen molar-refractivity contribution in [2.45, 2.75) is 50.4 Å². The monoisotopic (exact) mass is 622 g/mol. The number of aromatic nitrogens is 3. The molecule has 1 aliphatic carbocycles. The average Bonchev–Trinajstić information content (AvgIpc) is 3.62. The Labute approximate surface area is 257 Å². The minimum absolute atomic E-state index is 0.0297. The molecule has 2 aliphatic rings. The van der Waals surface area contributed by atoms with Gasteiger partial charge in [-0.1, -0.05) is 24.3 Å². The first-order valence-electron chi connectivity index (χ1n) is 14.5. The van der Waals surface area contributed by atoms with Crippen LogP contribution in [0.3, 0.4) is 0 Å². The number of primary amides is 1. The second kappa shape index (κ2) is 12.1. The Morgan fingerprint density at radius 1 is 1.16 bits per heavy atom. The van der Waals surface area contributed by atoms with E-state index in [2.05, 4.69) is 39.4 Å². The number of hydrogen-bond acceptors (Lipinski definition) is 7. The third kappa shape index (κ3) is 6.22. The molecule has 0 spiro atoms. The summed E-state index contributed by atoms with van der Waals surface area (Å²) < 4.78 is 48.6. The molecule has 6 rings (SSSR count). The Hall–Kier alpha value is -4.16. The summed E-state index contributed by atoms with van der Waals surface area (Å²) >= 11 is 1.11. The number of nitrogens with one attached hydrogen (secondary N) is 1. The number of carbonyl (C=O) groups excluding carboxylic acids is 1. The van der Waals surface area contributed by atoms with Gasteiger partial charge in [-0.25, -0.2) is 9.97 Å². The van der Waals surface area contributed by atoms with Crippen LogP contribution in [-0.2, 0) is 12.6 Å². The highest BCUT2D eigenvalue weighted by molar-refractivity contribution is 7.16. The SMILES string of the molecule is CC(Oc1cc(-n2cnc3c2C=CC(c2ccnc(NC4CCN(C)CC4)c2)C3)sc1C(N)=O)c1ccccc1C(F)(F)F. The number of benzene rings is 1. The van der Waals surface area contributed by atoms with Crippen molar-refractivity contribution in [3.05, 3.63) is 94.0 Å². The summed E-state index contributed by atoms with van der Waals surface area (Å²) in [5, 5.41) is 4.21. The van der Waals surface area contributed by atoms with Gasteiger partial charge in [0.15, 0.2) is 0 Å². The summed E-state index contributed by atoms with van der Waals surface area (Å²) in [5.41, 5.74) is 7.73. The van der Waals surface area contributed by atoms with Gasteiger partial charge in [-0.05, 0) is 69.7 Å². The number of amides is 1. The highest BCUT2D eigenvalue weighted by Gasteiger charge is 2.35. The molecule has 4 heterocycles. The molecule has 1 aliphatic heterocycles. The fourth-order valence-corrected chi connectivity index (χ4v) is 6.77. The Kier molecular flexibility index (Phi) is 8.21. The van der Waals surface area contributed by atoms with Crippen LogP contribution in [0.2, 0.25) is 0 Å². The third-order valence-corrected chi connectivity index (χ3v) is 9.35. The van der Waals surface area contributed by atoms with E-state index in [1.165, 1.54) is 25.1 Å². The van der Waals surface area contributed by atoms with Crippen LogP contribution in [0.4, 0.5) is 19.0 Å². The second-order valence-corrected chi connectivity index (χ2v) is 12.3. The van der Waals surface area contributed by atoms with E-state index < -0.39 is 23.8 Å². The van der Waals surface area contributed by atoms with Gasteiger partial charge in [0.2, 0.25) is 0 Å². The van der Waals surface area contributed by atoms with Crippen LogP contribution >= 0.6 is 11.3 Å². The van der Waals surface area contributed by atoms with Gasteiger partial charge in [0.1, 0.15) is 33.9 Å². The maximum atomic E-state index is 13.6. The Bertz CT molecular complexity index is 1690. The van der Waals surface area contributed by atoms with E-state index in [4.69, 9.17) is 10.5 Å². The van der Waals surface area contributed by atoms with Crippen molar-refractivity contribution in [1.29, 1.82) is 0 Å². The summed E-state index contributed by atoms with van der Waals surface area (Å²) in [4.78, 5) is 24.0. The molecule has 44 heavy (non-hydrogen) atoms. The van der Waals surface area contributed by atoms with Gasteiger partial charge in [-0.2, -0.15) is 13.2 Å². The Morgan fingerprint density at radius 3 is 2.68 bits per heavy atom. The molecule has 0 radical (unpaired) electrons. The zero-order valence-corrected chi connectivity index (χ0v) is 25.2. The fraction of sp³-hybridized carbons (Fsp3) is 0.344. The predicted molar refractivity (Wildman–Crippen MR) is 164 cm³/mol. The molecule has 1 aromatic carbocycles. The third-order valence-electron chi connectivity index (χ3n) is 8.22. The van der Waals surface area contributed by atoms with Crippen LogP contribution in [0.15, 0.2) is 61.1 Å². The molecule has 0 bridgehead atoms. The molecule has 8 nitrogen and oxygen atoms in total. The van der Waals surface area contributed by atoms with E-state index in [-0.39, 0.29) is 22.1 Å². The molecule has 0 saturated carbocycles. The van der Waals surface area contributed by atoms with Gasteiger partial charge in [-0.3, -0.25) is 9.36 Å². The highest BCUT2D eigenvalue weighted by Crippen LogP contribution is 2.40. The first kappa shape index (κ1) is 29.9. The number of carbonyl (C=O) groups is 1. The quantitative estimate of drug-likeness (QED) is 0.235. The number of thiophene rings is 1. The number of halogens is 3. The van der Waals surface area contributed by atoms with Crippen LogP contribution < -0.4 is 15.8 Å². The number of piperidine rings is 1. The van der Waals surface area contributed by atoms with Crippen LogP contribution in [0.1, 0.15) is 69.5 Å². The number of allylic oxidation sites excluding steroid dienone is 1. The van der Waals surface area contributed by atoms with E-state index in [1.54, 1.807) is 12.4 Å². The van der Waals surface area contributed by atoms with E-state index in [9.17, 15) is 18.0 Å². The lowest BCUT2D eigenvalue weighted by atomic mass is 9.90. The Balaban J connectivity index is 1.21. The van der Waals surface area contributed by atoms with Gasteiger partial charge in [0.05, 0.1) is 17.0 Å². The molecule has 12 heteroatoms. The largest absolute Gasteiger partial charge is 0.484 e. The lowest BCUT2D eigenvalue weighted by molar-refractivity contribution is -0.139. The molecule has 1 saturated heterocycles. The number of nitrogens with two attached hydrogens (primary N) is 1. The summed E-state index contributed by atoms with van der Waals surface area (Å²) in [7, 11) is 2.14. The molecule has 2 unspecified atom stereocenters. The Morgan fingerprint density at radius 2 is 1.93 bits per heavy atom. The minimum atomic E-state index is -4.54. The summed E-state index contributed by atoms with van der Waals surface area (Å²) in [6.07, 6.45) is 4.98. The van der Waals surface area contributed by atoms with Crippen LogP contribution in [0.25, 0.3) is 11.1 Å². The smallest absolute Gasteiger partial charge is 0.416 e. The zero-order valence-electron chi connectivity index (χ0n) is 24.3. The number of nitrogens with zero attached hydrogens (tertiary/aromatic N) is 4. The van der Waals surface area contributed by atoms with Gasteiger partial charge in [-0.15, -0.1) is 11.3 Å². The van der Waals surface area contributed by atoms with E-state index in [1.807, 2.05) is 22.9 Å². The molecule has 1 amide bonds. The van der Waals surface area contributed by atoms with Crippen LogP contribution in [0, 0.1) is 0 Å². The number of ether oxygens (including phenoxy) is 1. The van der Waals surface area contributed by atoms with Crippen molar-refractivity contribution in [3.8, 4) is 10.8 Å². The molecule has 3 N–H and O–H groups in total. The van der Waals surface area contributed by atoms with E-state index >= 15 is 0 Å². The van der Waals surface area contributed by atoms with Crippen molar-refractivity contribution in [2.24, 2.45) is 5.73 Å². The number of imidazole rings is 1. The normalized spacial score (nSPS) is 18.2. The second-order valence-electron chi connectivity index (χ2n) is 11.3. The number of pyridine rings is 1. The molecule has 230 valence electrons. The number of hydrogen-bond donors (Lipinski definition) is 2. The minimum Gasteiger partial charge on any atom is -0.484 e. The number of likely N-dealkylation sites (tertiary alicyclic amines) is 1. The molecular formula is C32H33F3N6O2S. The molecule has 4 aromatic rings. The zero-order chi connectivity index (χ0) is 31.0. The molecule has 2 atom stereocenters. The molecule has 3 aromatic heterocycles. The number of alkyl halides is 3. The lowest BCUT2D eigenvalue weighted by Gasteiger charge is -2.30. The summed E-state index contributed by atoms with van der Waals surface area (Å²) in [6.45, 7) is 3.65. The fourth-order valence-electron chi connectivity index (χ4n) is 5.84. The van der Waals surface area contributed by atoms with Gasteiger partial charge >= 0.3 is 6.18 Å². The lowest BCUT2D eigenvalue weighted by Crippen LogP contribution is -2.36. The predicted octanol–water partition coefficient (Wildman–Crippen LogP) is 6.45. The van der Waals surface area contributed by atoms with E-state index in [0.29, 0.717) is 17.5 Å². The van der Waals surface area contributed by atoms with Gasteiger partial charge in [0.25, 0.3) is 5.91 Å². The average molecular weight is 623 g/mol. The topological polar surface area (TPSA) is 98.3 Å².